The van der Waals surface area contributed by atoms with Gasteiger partial charge in [-0.1, -0.05) is 37.3 Å². The van der Waals surface area contributed by atoms with E-state index in [4.69, 9.17) is 9.15 Å². The van der Waals surface area contributed by atoms with Crippen LogP contribution in [0.2, 0.25) is 0 Å². The van der Waals surface area contributed by atoms with Gasteiger partial charge in [0.1, 0.15) is 5.75 Å². The summed E-state index contributed by atoms with van der Waals surface area (Å²) in [4.78, 5) is 16.5. The molecule has 5 heteroatoms. The number of benzene rings is 2. The van der Waals surface area contributed by atoms with Crippen molar-refractivity contribution in [2.45, 2.75) is 18.9 Å². The van der Waals surface area contributed by atoms with Crippen molar-refractivity contribution in [3.8, 4) is 17.1 Å². The van der Waals surface area contributed by atoms with Crippen molar-refractivity contribution in [2.75, 3.05) is 5.32 Å². The molecule has 1 amide bonds. The Hall–Kier alpha value is -3.08. The van der Waals surface area contributed by atoms with Crippen molar-refractivity contribution < 1.29 is 13.9 Å². The molecule has 0 unspecified atom stereocenters. The predicted molar refractivity (Wildman–Crippen MR) is 89.8 cm³/mol. The topological polar surface area (TPSA) is 64.4 Å². The number of amides is 1. The number of para-hydroxylation sites is 1. The van der Waals surface area contributed by atoms with Gasteiger partial charge in [-0.2, -0.15) is 0 Å². The predicted octanol–water partition coefficient (Wildman–Crippen LogP) is 3.84. The summed E-state index contributed by atoms with van der Waals surface area (Å²) in [5.41, 5.74) is 2.61. The summed E-state index contributed by atoms with van der Waals surface area (Å²) in [7, 11) is 0. The van der Waals surface area contributed by atoms with Gasteiger partial charge < -0.3 is 14.5 Å². The molecule has 0 saturated heterocycles. The van der Waals surface area contributed by atoms with E-state index in [1.54, 1.807) is 6.20 Å². The van der Waals surface area contributed by atoms with Crippen LogP contribution in [0.15, 0.2) is 65.5 Å². The number of carbonyl (C=O) groups is 1. The van der Waals surface area contributed by atoms with Crippen LogP contribution < -0.4 is 10.1 Å². The number of nitrogens with zero attached hydrogens (tertiary/aromatic N) is 1. The van der Waals surface area contributed by atoms with Crippen LogP contribution in [0.4, 0.5) is 5.69 Å². The van der Waals surface area contributed by atoms with E-state index in [9.17, 15) is 4.79 Å². The minimum Gasteiger partial charge on any atom is -0.480 e. The fraction of sp³-hybridized carbons (Fsp3) is 0.158. The molecule has 2 aromatic carbocycles. The first kappa shape index (κ1) is 14.5. The maximum absolute atomic E-state index is 12.6. The number of anilines is 1. The van der Waals surface area contributed by atoms with Crippen LogP contribution in [0.3, 0.4) is 0 Å². The van der Waals surface area contributed by atoms with Crippen LogP contribution in [-0.4, -0.2) is 17.0 Å². The van der Waals surface area contributed by atoms with Gasteiger partial charge in [0.15, 0.2) is 18.3 Å². The molecule has 5 nitrogen and oxygen atoms in total. The van der Waals surface area contributed by atoms with Crippen molar-refractivity contribution in [3.63, 3.8) is 0 Å². The van der Waals surface area contributed by atoms with Gasteiger partial charge in [0.2, 0.25) is 0 Å². The Morgan fingerprint density at radius 3 is 2.83 bits per heavy atom. The Morgan fingerprint density at radius 2 is 2.04 bits per heavy atom. The lowest BCUT2D eigenvalue weighted by Gasteiger charge is -2.15. The van der Waals surface area contributed by atoms with Crippen LogP contribution in [0.25, 0.3) is 11.3 Å². The average Bonchev–Trinajstić information content (AvgIpc) is 3.24. The third-order valence-corrected chi connectivity index (χ3v) is 4.22. The van der Waals surface area contributed by atoms with Gasteiger partial charge >= 0.3 is 0 Å². The van der Waals surface area contributed by atoms with Gasteiger partial charge in [-0.25, -0.2) is 4.98 Å². The highest BCUT2D eigenvalue weighted by Crippen LogP contribution is 2.38. The minimum absolute atomic E-state index is 0.0126. The maximum atomic E-state index is 12.6. The fourth-order valence-electron chi connectivity index (χ4n) is 2.97. The van der Waals surface area contributed by atoms with E-state index in [0.29, 0.717) is 11.4 Å². The van der Waals surface area contributed by atoms with Crippen LogP contribution in [0.1, 0.15) is 18.4 Å². The highest BCUT2D eigenvalue weighted by atomic mass is 16.5. The third-order valence-electron chi connectivity index (χ3n) is 4.22. The van der Waals surface area contributed by atoms with Gasteiger partial charge in [0, 0.05) is 22.7 Å². The fourth-order valence-corrected chi connectivity index (χ4v) is 2.97. The van der Waals surface area contributed by atoms with Crippen molar-refractivity contribution in [1.82, 2.24) is 4.98 Å². The molecule has 2 atom stereocenters. The summed E-state index contributed by atoms with van der Waals surface area (Å²) < 4.78 is 11.1. The smallest absolute Gasteiger partial charge is 0.266 e. The second-order valence-corrected chi connectivity index (χ2v) is 5.80. The summed E-state index contributed by atoms with van der Waals surface area (Å²) >= 11 is 0. The van der Waals surface area contributed by atoms with Gasteiger partial charge in [-0.05, 0) is 18.2 Å². The Balaban J connectivity index is 1.52. The number of aromatic nitrogens is 1. The zero-order valence-corrected chi connectivity index (χ0v) is 13.1. The number of nitrogens with one attached hydrogen (secondary N) is 1. The van der Waals surface area contributed by atoms with Crippen molar-refractivity contribution in [3.05, 3.63) is 66.7 Å². The van der Waals surface area contributed by atoms with Crippen LogP contribution in [0, 0.1) is 0 Å². The van der Waals surface area contributed by atoms with Crippen LogP contribution in [0.5, 0.6) is 5.75 Å². The molecular formula is C19H16N2O3. The molecule has 1 aliphatic rings. The minimum atomic E-state index is -0.531. The summed E-state index contributed by atoms with van der Waals surface area (Å²) in [6.45, 7) is 2.00. The maximum Gasteiger partial charge on any atom is 0.266 e. The summed E-state index contributed by atoms with van der Waals surface area (Å²) in [5.74, 6) is 1.29. The molecular weight excluding hydrogens is 304 g/mol. The van der Waals surface area contributed by atoms with Gasteiger partial charge in [0.05, 0.1) is 6.20 Å². The zero-order chi connectivity index (χ0) is 16.5. The summed E-state index contributed by atoms with van der Waals surface area (Å²) in [6, 6.07) is 15.2. The SMILES string of the molecule is C[C@@H]1c2ccccc2O[C@H]1C(=O)Nc1cccc(-c2cnco2)c1. The summed E-state index contributed by atoms with van der Waals surface area (Å²) in [6.07, 6.45) is 2.49. The largest absolute Gasteiger partial charge is 0.480 e. The van der Waals surface area contributed by atoms with Crippen LogP contribution >= 0.6 is 0 Å². The lowest BCUT2D eigenvalue weighted by atomic mass is 9.97. The first-order valence-corrected chi connectivity index (χ1v) is 7.78. The second-order valence-electron chi connectivity index (χ2n) is 5.80. The standard InChI is InChI=1S/C19H16N2O3/c1-12-15-7-2-3-8-16(15)24-18(12)19(22)21-14-6-4-5-13(9-14)17-10-20-11-23-17/h2-12,18H,1H3,(H,21,22)/t12-,18-/m1/s1. The monoisotopic (exact) mass is 320 g/mol. The van der Waals surface area contributed by atoms with E-state index in [0.717, 1.165) is 16.9 Å². The molecule has 120 valence electrons. The summed E-state index contributed by atoms with van der Waals surface area (Å²) in [5, 5.41) is 2.93. The quantitative estimate of drug-likeness (QED) is 0.796. The molecule has 1 aromatic heterocycles. The van der Waals surface area contributed by atoms with Crippen molar-refractivity contribution in [1.29, 1.82) is 0 Å². The van der Waals surface area contributed by atoms with E-state index in [2.05, 4.69) is 10.3 Å². The number of rotatable bonds is 3. The van der Waals surface area contributed by atoms with E-state index < -0.39 is 6.10 Å². The molecule has 0 saturated carbocycles. The van der Waals surface area contributed by atoms with Gasteiger partial charge in [0.25, 0.3) is 5.91 Å². The Labute approximate surface area is 139 Å². The van der Waals surface area contributed by atoms with Crippen LogP contribution in [-0.2, 0) is 4.79 Å². The molecule has 0 bridgehead atoms. The molecule has 0 spiro atoms. The van der Waals surface area contributed by atoms with Crippen molar-refractivity contribution in [2.24, 2.45) is 0 Å². The Morgan fingerprint density at radius 1 is 1.17 bits per heavy atom. The molecule has 1 aliphatic heterocycles. The first-order chi connectivity index (χ1) is 11.7. The number of hydrogen-bond donors (Lipinski definition) is 1. The second kappa shape index (κ2) is 5.85. The molecule has 3 aromatic rings. The van der Waals surface area contributed by atoms with E-state index in [1.807, 2.05) is 55.5 Å². The molecule has 0 aliphatic carbocycles. The number of hydrogen-bond acceptors (Lipinski definition) is 4. The van der Waals surface area contributed by atoms with Gasteiger partial charge in [-0.3, -0.25) is 4.79 Å². The van der Waals surface area contributed by atoms with E-state index in [1.165, 1.54) is 6.39 Å². The number of ether oxygens (including phenoxy) is 1. The molecule has 2 heterocycles. The Kier molecular flexibility index (Phi) is 3.54. The average molecular weight is 320 g/mol. The van der Waals surface area contributed by atoms with Gasteiger partial charge in [-0.15, -0.1) is 0 Å². The number of oxazole rings is 1. The first-order valence-electron chi connectivity index (χ1n) is 7.78. The lowest BCUT2D eigenvalue weighted by Crippen LogP contribution is -2.33. The Bertz CT molecular complexity index is 874. The highest BCUT2D eigenvalue weighted by Gasteiger charge is 2.36. The number of fused-ring (bicyclic) bond motifs is 1. The zero-order valence-electron chi connectivity index (χ0n) is 13.1. The molecule has 0 fully saturated rings. The third kappa shape index (κ3) is 2.54. The number of carbonyl (C=O) groups excluding carboxylic acids is 1. The molecule has 4 rings (SSSR count). The molecule has 24 heavy (non-hydrogen) atoms. The van der Waals surface area contributed by atoms with Crippen molar-refractivity contribution >= 4 is 11.6 Å². The van der Waals surface area contributed by atoms with E-state index >= 15 is 0 Å². The highest BCUT2D eigenvalue weighted by molar-refractivity contribution is 5.96. The molecule has 1 N–H and O–H groups in total. The lowest BCUT2D eigenvalue weighted by molar-refractivity contribution is -0.122. The normalized spacial score (nSPS) is 18.7. The van der Waals surface area contributed by atoms with E-state index in [-0.39, 0.29) is 11.8 Å². The molecule has 0 radical (unpaired) electrons.